The van der Waals surface area contributed by atoms with Gasteiger partial charge < -0.3 is 0 Å². The molecule has 2 rings (SSSR count). The summed E-state index contributed by atoms with van der Waals surface area (Å²) in [5.74, 6) is 0. The maximum absolute atomic E-state index is 11.8. The first-order valence-electron chi connectivity index (χ1n) is 5.30. The van der Waals surface area contributed by atoms with Gasteiger partial charge in [0.05, 0.1) is 0 Å². The Balaban J connectivity index is 2.77. The van der Waals surface area contributed by atoms with E-state index in [4.69, 9.17) is 0 Å². The highest BCUT2D eigenvalue weighted by atomic mass is 32.2. The Hall–Kier alpha value is -1.17. The summed E-state index contributed by atoms with van der Waals surface area (Å²) in [6.07, 6.45) is 3.90. The van der Waals surface area contributed by atoms with Gasteiger partial charge in [-0.25, -0.2) is 0 Å². The molecule has 1 aromatic rings. The monoisotopic (exact) mass is 253 g/mol. The molecule has 0 radical (unpaired) electrons. The van der Waals surface area contributed by atoms with E-state index >= 15 is 0 Å². The van der Waals surface area contributed by atoms with Crippen LogP contribution in [0, 0.1) is 0 Å². The van der Waals surface area contributed by atoms with Crippen molar-refractivity contribution in [2.75, 3.05) is 14.1 Å². The van der Waals surface area contributed by atoms with Crippen LogP contribution in [-0.4, -0.2) is 32.0 Å². The SMILES string of the molecule is CN(C)C1(S(=O)(=O)O)CC=Cc2ccccc21. The molecule has 92 valence electrons. The lowest BCUT2D eigenvalue weighted by Gasteiger charge is -2.39. The largest absolute Gasteiger partial charge is 0.288 e. The molecule has 1 unspecified atom stereocenters. The zero-order valence-electron chi connectivity index (χ0n) is 9.79. The zero-order valence-corrected chi connectivity index (χ0v) is 10.6. The number of benzene rings is 1. The second-order valence-corrected chi connectivity index (χ2v) is 5.97. The second kappa shape index (κ2) is 3.94. The first-order chi connectivity index (χ1) is 7.89. The number of hydrogen-bond donors (Lipinski definition) is 1. The van der Waals surface area contributed by atoms with E-state index in [1.807, 2.05) is 18.2 Å². The first-order valence-corrected chi connectivity index (χ1v) is 6.74. The molecular formula is C12H15NO3S. The molecule has 1 N–H and O–H groups in total. The summed E-state index contributed by atoms with van der Waals surface area (Å²) >= 11 is 0. The minimum atomic E-state index is -4.23. The Kier molecular flexibility index (Phi) is 2.85. The fourth-order valence-electron chi connectivity index (χ4n) is 2.35. The van der Waals surface area contributed by atoms with Crippen molar-refractivity contribution >= 4 is 16.2 Å². The Bertz CT molecular complexity index is 563. The standard InChI is InChI=1S/C12H15NO3S/c1-13(2)12(17(14,15)16)9-5-7-10-6-3-4-8-11(10)12/h3-8H,9H2,1-2H3,(H,14,15,16). The maximum atomic E-state index is 11.8. The molecule has 0 saturated heterocycles. The average Bonchev–Trinajstić information content (AvgIpc) is 2.26. The van der Waals surface area contributed by atoms with Crippen LogP contribution in [0.15, 0.2) is 30.3 Å². The smallest absolute Gasteiger partial charge is 0.285 e. The van der Waals surface area contributed by atoms with Crippen LogP contribution in [0.1, 0.15) is 17.5 Å². The lowest BCUT2D eigenvalue weighted by atomic mass is 9.91. The summed E-state index contributed by atoms with van der Waals surface area (Å²) in [6, 6.07) is 7.21. The second-order valence-electron chi connectivity index (χ2n) is 4.35. The molecule has 17 heavy (non-hydrogen) atoms. The van der Waals surface area contributed by atoms with Gasteiger partial charge in [-0.2, -0.15) is 8.42 Å². The third-order valence-corrected chi connectivity index (χ3v) is 4.83. The predicted octanol–water partition coefficient (Wildman–Crippen LogP) is 1.71. The van der Waals surface area contributed by atoms with E-state index in [-0.39, 0.29) is 6.42 Å². The van der Waals surface area contributed by atoms with Gasteiger partial charge >= 0.3 is 0 Å². The highest BCUT2D eigenvalue weighted by molar-refractivity contribution is 7.86. The molecule has 0 amide bonds. The maximum Gasteiger partial charge on any atom is 0.288 e. The van der Waals surface area contributed by atoms with Crippen LogP contribution in [0.3, 0.4) is 0 Å². The lowest BCUT2D eigenvalue weighted by Crippen LogP contribution is -2.48. The van der Waals surface area contributed by atoms with Gasteiger partial charge in [0.15, 0.2) is 4.87 Å². The molecule has 1 aliphatic carbocycles. The van der Waals surface area contributed by atoms with Gasteiger partial charge in [0.25, 0.3) is 10.1 Å². The van der Waals surface area contributed by atoms with Gasteiger partial charge in [-0.1, -0.05) is 36.4 Å². The van der Waals surface area contributed by atoms with Crippen LogP contribution in [0.4, 0.5) is 0 Å². The molecule has 1 aliphatic rings. The molecule has 5 heteroatoms. The van der Waals surface area contributed by atoms with Crippen LogP contribution in [0.2, 0.25) is 0 Å². The van der Waals surface area contributed by atoms with E-state index in [0.29, 0.717) is 5.56 Å². The average molecular weight is 253 g/mol. The van der Waals surface area contributed by atoms with E-state index in [9.17, 15) is 13.0 Å². The zero-order chi connectivity index (χ0) is 12.7. The number of fused-ring (bicyclic) bond motifs is 1. The van der Waals surface area contributed by atoms with Crippen LogP contribution in [0.5, 0.6) is 0 Å². The van der Waals surface area contributed by atoms with E-state index in [1.54, 1.807) is 37.2 Å². The van der Waals surface area contributed by atoms with Crippen molar-refractivity contribution in [2.45, 2.75) is 11.3 Å². The van der Waals surface area contributed by atoms with Gasteiger partial charge in [-0.05, 0) is 25.2 Å². The van der Waals surface area contributed by atoms with Gasteiger partial charge in [0.1, 0.15) is 0 Å². The van der Waals surface area contributed by atoms with Crippen molar-refractivity contribution < 1.29 is 13.0 Å². The summed E-state index contributed by atoms with van der Waals surface area (Å²) in [4.78, 5) is 0.170. The normalized spacial score (nSPS) is 23.8. The molecule has 0 heterocycles. The van der Waals surface area contributed by atoms with Crippen molar-refractivity contribution in [3.63, 3.8) is 0 Å². The van der Waals surface area contributed by atoms with Crippen LogP contribution >= 0.6 is 0 Å². The summed E-state index contributed by atoms with van der Waals surface area (Å²) in [7, 11) is -0.913. The molecule has 0 aromatic heterocycles. The molecule has 0 saturated carbocycles. The molecule has 0 spiro atoms. The third-order valence-electron chi connectivity index (χ3n) is 3.22. The number of hydrogen-bond acceptors (Lipinski definition) is 3. The van der Waals surface area contributed by atoms with E-state index in [2.05, 4.69) is 0 Å². The van der Waals surface area contributed by atoms with E-state index in [0.717, 1.165) is 5.56 Å². The Morgan fingerprint density at radius 1 is 1.29 bits per heavy atom. The fraction of sp³-hybridized carbons (Fsp3) is 0.333. The summed E-state index contributed by atoms with van der Waals surface area (Å²) in [5, 5.41) is 0. The Morgan fingerprint density at radius 2 is 1.94 bits per heavy atom. The van der Waals surface area contributed by atoms with E-state index < -0.39 is 15.0 Å². The van der Waals surface area contributed by atoms with Gasteiger partial charge in [-0.15, -0.1) is 0 Å². The summed E-state index contributed by atoms with van der Waals surface area (Å²) in [5.41, 5.74) is 1.44. The molecule has 1 atom stereocenters. The highest BCUT2D eigenvalue weighted by Gasteiger charge is 2.48. The number of nitrogens with zero attached hydrogens (tertiary/aromatic N) is 1. The lowest BCUT2D eigenvalue weighted by molar-refractivity contribution is 0.224. The molecule has 4 nitrogen and oxygen atoms in total. The molecule has 0 aliphatic heterocycles. The van der Waals surface area contributed by atoms with Crippen molar-refractivity contribution in [3.05, 3.63) is 41.5 Å². The topological polar surface area (TPSA) is 57.6 Å². The minimum absolute atomic E-state index is 0.246. The van der Waals surface area contributed by atoms with Gasteiger partial charge in [-0.3, -0.25) is 9.45 Å². The molecule has 0 bridgehead atoms. The van der Waals surface area contributed by atoms with E-state index in [1.165, 1.54) is 0 Å². The van der Waals surface area contributed by atoms with Crippen molar-refractivity contribution in [1.29, 1.82) is 0 Å². The Labute approximate surface area is 101 Å². The molecular weight excluding hydrogens is 238 g/mol. The fourth-order valence-corrected chi connectivity index (χ4v) is 3.58. The first kappa shape index (κ1) is 12.3. The highest BCUT2D eigenvalue weighted by Crippen LogP contribution is 2.41. The minimum Gasteiger partial charge on any atom is -0.285 e. The Morgan fingerprint density at radius 3 is 2.53 bits per heavy atom. The molecule has 0 fully saturated rings. The van der Waals surface area contributed by atoms with Gasteiger partial charge in [0.2, 0.25) is 0 Å². The number of rotatable bonds is 2. The van der Waals surface area contributed by atoms with Gasteiger partial charge in [0, 0.05) is 6.42 Å². The molecule has 1 aromatic carbocycles. The quantitative estimate of drug-likeness (QED) is 0.815. The predicted molar refractivity (Wildman–Crippen MR) is 67.0 cm³/mol. The van der Waals surface area contributed by atoms with Crippen LogP contribution < -0.4 is 0 Å². The van der Waals surface area contributed by atoms with Crippen LogP contribution in [0.25, 0.3) is 6.08 Å². The van der Waals surface area contributed by atoms with Crippen molar-refractivity contribution in [1.82, 2.24) is 4.90 Å². The third kappa shape index (κ3) is 1.71. The summed E-state index contributed by atoms with van der Waals surface area (Å²) < 4.78 is 33.2. The summed E-state index contributed by atoms with van der Waals surface area (Å²) in [6.45, 7) is 0. The van der Waals surface area contributed by atoms with Crippen molar-refractivity contribution in [2.24, 2.45) is 0 Å². The van der Waals surface area contributed by atoms with Crippen LogP contribution in [-0.2, 0) is 15.0 Å². The van der Waals surface area contributed by atoms with Crippen molar-refractivity contribution in [3.8, 4) is 0 Å².